The Morgan fingerprint density at radius 1 is 0.543 bits per heavy atom. The molecule has 0 N–H and O–H groups in total. The van der Waals surface area contributed by atoms with Gasteiger partial charge < -0.3 is 9.97 Å². The van der Waals surface area contributed by atoms with Crippen LogP contribution >= 0.6 is 0 Å². The van der Waals surface area contributed by atoms with Crippen LogP contribution in [-0.4, -0.2) is 15.0 Å². The fourth-order valence-corrected chi connectivity index (χ4v) is 4.27. The van der Waals surface area contributed by atoms with E-state index in [-0.39, 0.29) is 42.6 Å². The van der Waals surface area contributed by atoms with Crippen LogP contribution < -0.4 is 0 Å². The molecule has 3 nitrogen and oxygen atoms in total. The van der Waals surface area contributed by atoms with Crippen molar-refractivity contribution in [2.45, 2.75) is 19.3 Å². The molecule has 0 aliphatic carbocycles. The molecule has 0 radical (unpaired) electrons. The largest absolute Gasteiger partial charge is 3.00 e. The monoisotopic (exact) mass is 803 g/mol. The van der Waals surface area contributed by atoms with E-state index in [9.17, 15) is 26.3 Å². The first-order valence-electron chi connectivity index (χ1n) is 13.5. The van der Waals surface area contributed by atoms with Gasteiger partial charge in [-0.15, -0.1) is 83.4 Å². The van der Waals surface area contributed by atoms with E-state index < -0.39 is 23.5 Å². The van der Waals surface area contributed by atoms with E-state index in [1.54, 1.807) is 24.4 Å². The van der Waals surface area contributed by atoms with Crippen molar-refractivity contribution in [1.82, 2.24) is 15.0 Å². The van der Waals surface area contributed by atoms with Gasteiger partial charge in [0.05, 0.1) is 0 Å². The van der Waals surface area contributed by atoms with Crippen LogP contribution in [0.15, 0.2) is 116 Å². The molecule has 0 spiro atoms. The number of rotatable bonds is 4. The number of hydrogen-bond acceptors (Lipinski definition) is 3. The minimum absolute atomic E-state index is 0. The minimum atomic E-state index is -4.66. The summed E-state index contributed by atoms with van der Waals surface area (Å²) >= 11 is 0. The molecule has 10 heteroatoms. The van der Waals surface area contributed by atoms with E-state index in [0.717, 1.165) is 29.5 Å². The van der Waals surface area contributed by atoms with Crippen molar-refractivity contribution < 1.29 is 46.4 Å². The summed E-state index contributed by atoms with van der Waals surface area (Å²) in [4.78, 5) is 12.6. The number of alkyl halides is 6. The first-order valence-corrected chi connectivity index (χ1v) is 13.5. The topological polar surface area (TPSA) is 38.7 Å². The summed E-state index contributed by atoms with van der Waals surface area (Å²) in [7, 11) is 0. The Balaban J connectivity index is 0.000000287. The van der Waals surface area contributed by atoms with Crippen molar-refractivity contribution >= 4 is 0 Å². The van der Waals surface area contributed by atoms with Crippen LogP contribution in [0.4, 0.5) is 26.3 Å². The number of aromatic nitrogens is 3. The summed E-state index contributed by atoms with van der Waals surface area (Å²) in [5, 5.41) is 0. The molecule has 0 bridgehead atoms. The van der Waals surface area contributed by atoms with Gasteiger partial charge in [0.15, 0.2) is 0 Å². The van der Waals surface area contributed by atoms with Crippen molar-refractivity contribution in [3.63, 3.8) is 0 Å². The van der Waals surface area contributed by atoms with E-state index in [1.165, 1.54) is 42.1 Å². The van der Waals surface area contributed by atoms with E-state index in [0.29, 0.717) is 11.3 Å². The molecule has 46 heavy (non-hydrogen) atoms. The van der Waals surface area contributed by atoms with Gasteiger partial charge in [-0.1, -0.05) is 60.5 Å². The number of halogens is 6. The summed E-state index contributed by atoms with van der Waals surface area (Å²) in [6.45, 7) is 2.05. The first kappa shape index (κ1) is 34.2. The van der Waals surface area contributed by atoms with Crippen molar-refractivity contribution in [2.75, 3.05) is 0 Å². The molecular weight excluding hydrogens is 781 g/mol. The number of hydrogen-bond donors (Lipinski definition) is 0. The zero-order valence-corrected chi connectivity index (χ0v) is 26.3. The molecule has 3 aromatic heterocycles. The van der Waals surface area contributed by atoms with Crippen molar-refractivity contribution in [1.29, 1.82) is 0 Å². The first-order chi connectivity index (χ1) is 21.5. The molecule has 232 valence electrons. The van der Waals surface area contributed by atoms with Gasteiger partial charge in [-0.25, -0.2) is 0 Å². The quantitative estimate of drug-likeness (QED) is 0.132. The van der Waals surface area contributed by atoms with Crippen LogP contribution in [-0.2, 0) is 32.5 Å². The van der Waals surface area contributed by atoms with E-state index >= 15 is 0 Å². The van der Waals surface area contributed by atoms with E-state index in [4.69, 9.17) is 0 Å². The minimum Gasteiger partial charge on any atom is -0.335 e. The van der Waals surface area contributed by atoms with Crippen molar-refractivity contribution in [3.8, 4) is 45.0 Å². The fraction of sp³-hybridized carbons (Fsp3) is 0.0833. The second kappa shape index (κ2) is 14.6. The Hall–Kier alpha value is -4.66. The number of benzene rings is 3. The maximum atomic E-state index is 13.7. The zero-order chi connectivity index (χ0) is 32.0. The third-order valence-corrected chi connectivity index (χ3v) is 6.52. The van der Waals surface area contributed by atoms with Gasteiger partial charge in [-0.2, -0.15) is 26.3 Å². The maximum absolute atomic E-state index is 13.7. The molecule has 6 rings (SSSR count). The average molecular weight is 803 g/mol. The van der Waals surface area contributed by atoms with Crippen LogP contribution in [0.25, 0.3) is 45.0 Å². The maximum Gasteiger partial charge on any atom is 3.00 e. The van der Waals surface area contributed by atoms with Gasteiger partial charge in [0.25, 0.3) is 0 Å². The van der Waals surface area contributed by atoms with Gasteiger partial charge in [0.2, 0.25) is 0 Å². The standard InChI is InChI=1S/C24H12F6N2.C12H10N.Ir/c25-23(26,27)17-10-7-15(8-11-17)21-5-3-6-22(32-21)18-14-16(20-4-1-2-13-31-20)9-12-19(18)24(28,29)30;1-10-5-7-11(8-6-10)12-4-2-3-9-13-12;/h1-7,9-13H;2-7,9H,1H3;/q-2;-1;+3. The second-order valence-corrected chi connectivity index (χ2v) is 9.76. The van der Waals surface area contributed by atoms with Gasteiger partial charge in [-0.05, 0) is 40.3 Å². The molecule has 0 aliphatic heterocycles. The predicted octanol–water partition coefficient (Wildman–Crippen LogP) is 9.97. The summed E-state index contributed by atoms with van der Waals surface area (Å²) < 4.78 is 79.4. The number of nitrogens with zero attached hydrogens (tertiary/aromatic N) is 3. The van der Waals surface area contributed by atoms with Crippen LogP contribution in [0.5, 0.6) is 0 Å². The molecule has 0 amide bonds. The molecule has 0 saturated heterocycles. The van der Waals surface area contributed by atoms with Crippen LogP contribution in [0, 0.1) is 25.1 Å². The normalized spacial score (nSPS) is 11.2. The molecule has 0 atom stereocenters. The summed E-state index contributed by atoms with van der Waals surface area (Å²) in [5.74, 6) is 0. The van der Waals surface area contributed by atoms with Crippen molar-refractivity contribution in [3.05, 3.63) is 150 Å². The number of pyridine rings is 3. The van der Waals surface area contributed by atoms with Crippen LogP contribution in [0.2, 0.25) is 0 Å². The van der Waals surface area contributed by atoms with Gasteiger partial charge in [-0.3, -0.25) is 4.98 Å². The molecule has 6 aromatic rings. The third-order valence-electron chi connectivity index (χ3n) is 6.52. The molecule has 0 saturated carbocycles. The van der Waals surface area contributed by atoms with Gasteiger partial charge in [0.1, 0.15) is 0 Å². The molecule has 0 fully saturated rings. The molecule has 0 unspecified atom stereocenters. The van der Waals surface area contributed by atoms with Gasteiger partial charge in [0, 0.05) is 18.1 Å². The Morgan fingerprint density at radius 3 is 1.65 bits per heavy atom. The average Bonchev–Trinajstić information content (AvgIpc) is 3.05. The van der Waals surface area contributed by atoms with Crippen LogP contribution in [0.3, 0.4) is 0 Å². The SMILES string of the molecule is Cc1c[c-]c(-c2ccccn2)cc1.FC(F)(F)c1c[c-]c(-c2cccc(-c3[c-]c(-c4ccccn4)ccc3C(F)(F)F)n2)cc1.[Ir+3]. The molecule has 0 aliphatic rings. The van der Waals surface area contributed by atoms with Crippen molar-refractivity contribution in [2.24, 2.45) is 0 Å². The van der Waals surface area contributed by atoms with Gasteiger partial charge >= 0.3 is 32.5 Å². The predicted molar refractivity (Wildman–Crippen MR) is 159 cm³/mol. The van der Waals surface area contributed by atoms with Crippen LogP contribution in [0.1, 0.15) is 16.7 Å². The Bertz CT molecular complexity index is 1860. The molecular formula is C36H22F6IrN3. The zero-order valence-electron chi connectivity index (χ0n) is 23.9. The summed E-state index contributed by atoms with van der Waals surface area (Å²) in [6, 6.07) is 34.8. The van der Waals surface area contributed by atoms with E-state index in [1.807, 2.05) is 30.3 Å². The summed E-state index contributed by atoms with van der Waals surface area (Å²) in [5.41, 5.74) is 2.31. The Kier molecular flexibility index (Phi) is 10.9. The smallest absolute Gasteiger partial charge is 0.335 e. The second-order valence-electron chi connectivity index (χ2n) is 9.76. The Morgan fingerprint density at radius 2 is 1.11 bits per heavy atom. The molecule has 3 heterocycles. The molecule has 3 aromatic carbocycles. The fourth-order valence-electron chi connectivity index (χ4n) is 4.27. The number of aryl methyl sites for hydroxylation is 1. The van der Waals surface area contributed by atoms with E-state index in [2.05, 4.69) is 46.1 Å². The third kappa shape index (κ3) is 8.53. The Labute approximate surface area is 275 Å². The summed E-state index contributed by atoms with van der Waals surface area (Å²) in [6.07, 6.45) is -5.87.